The van der Waals surface area contributed by atoms with Gasteiger partial charge in [-0.05, 0) is 87.6 Å². The summed E-state index contributed by atoms with van der Waals surface area (Å²) in [7, 11) is 0. The fourth-order valence-corrected chi connectivity index (χ4v) is 9.27. The van der Waals surface area contributed by atoms with Crippen LogP contribution in [0.25, 0.3) is 11.0 Å². The molecule has 5 heterocycles. The number of nitro groups is 1. The molecule has 7 rings (SSSR count). The molecule has 18 nitrogen and oxygen atoms in total. The first-order chi connectivity index (χ1) is 30.9. The number of nitrogens with zero attached hydrogens (tertiary/aromatic N) is 8. The van der Waals surface area contributed by atoms with Gasteiger partial charge in [-0.1, -0.05) is 50.7 Å². The molecule has 0 unspecified atom stereocenters. The van der Waals surface area contributed by atoms with Gasteiger partial charge in [-0.15, -0.1) is 0 Å². The molecule has 1 aromatic carbocycles. The molecule has 2 aliphatic rings. The molecule has 2 fully saturated rings. The predicted octanol–water partition coefficient (Wildman–Crippen LogP) is 7.89. The molecule has 336 valence electrons. The van der Waals surface area contributed by atoms with Gasteiger partial charge in [0.05, 0.1) is 33.6 Å². The summed E-state index contributed by atoms with van der Waals surface area (Å²) in [5, 5.41) is 20.4. The van der Waals surface area contributed by atoms with Crippen molar-refractivity contribution in [2.75, 3.05) is 47.0 Å². The molecule has 1 aliphatic heterocycles. The van der Waals surface area contributed by atoms with Crippen molar-refractivity contribution < 1.29 is 24.1 Å². The van der Waals surface area contributed by atoms with Crippen molar-refractivity contribution in [1.82, 2.24) is 29.4 Å². The van der Waals surface area contributed by atoms with E-state index in [-0.39, 0.29) is 56.2 Å². The van der Waals surface area contributed by atoms with Gasteiger partial charge in [0.25, 0.3) is 11.5 Å². The highest BCUT2D eigenvalue weighted by Crippen LogP contribution is 2.33. The maximum Gasteiger partial charge on any atom is 0.348 e. The fourth-order valence-electron chi connectivity index (χ4n) is 8.49. The first-order valence-electron chi connectivity index (χ1n) is 21.9. The summed E-state index contributed by atoms with van der Waals surface area (Å²) in [6.07, 6.45) is 13.2. The minimum Gasteiger partial charge on any atom is -0.367 e. The lowest BCUT2D eigenvalue weighted by atomic mass is 10.0. The molecule has 0 spiro atoms. The number of ketones is 1. The Balaban J connectivity index is 0.792. The van der Waals surface area contributed by atoms with Crippen LogP contribution in [0.15, 0.2) is 53.6 Å². The Morgan fingerprint density at radius 2 is 1.56 bits per heavy atom. The molecule has 0 radical (unpaired) electrons. The molecule has 1 saturated heterocycles. The highest BCUT2D eigenvalue weighted by molar-refractivity contribution is 7.19. The van der Waals surface area contributed by atoms with Crippen molar-refractivity contribution in [3.05, 3.63) is 91.6 Å². The van der Waals surface area contributed by atoms with Gasteiger partial charge in [-0.25, -0.2) is 15.0 Å². The van der Waals surface area contributed by atoms with E-state index in [4.69, 9.17) is 4.98 Å². The number of piperazine rings is 1. The lowest BCUT2D eigenvalue weighted by Crippen LogP contribution is -2.48. The Bertz CT molecular complexity index is 2600. The van der Waals surface area contributed by atoms with Crippen molar-refractivity contribution in [3.63, 3.8) is 0 Å². The number of aryl methyl sites for hydroxylation is 2. The molecular formula is C45H53N11O7S. The molecule has 3 N–H and O–H groups in total. The lowest BCUT2D eigenvalue weighted by Gasteiger charge is -2.36. The summed E-state index contributed by atoms with van der Waals surface area (Å²) < 4.78 is 1.69. The van der Waals surface area contributed by atoms with Crippen LogP contribution in [0.4, 0.5) is 33.3 Å². The highest BCUT2D eigenvalue weighted by atomic mass is 32.1. The second kappa shape index (κ2) is 20.7. The number of fused-ring (bicyclic) bond motifs is 1. The number of carbonyl (C=O) groups excluding carboxylic acids is 4. The average Bonchev–Trinajstić information content (AvgIpc) is 3.94. The summed E-state index contributed by atoms with van der Waals surface area (Å²) in [5.41, 5.74) is 2.76. The molecule has 3 amide bonds. The molecule has 0 atom stereocenters. The minimum atomic E-state index is -0.541. The minimum absolute atomic E-state index is 0.00985. The van der Waals surface area contributed by atoms with Gasteiger partial charge < -0.3 is 20.4 Å². The maximum absolute atomic E-state index is 13.6. The van der Waals surface area contributed by atoms with Crippen LogP contribution in [-0.2, 0) is 9.59 Å². The number of aromatic nitrogens is 5. The molecule has 5 aromatic rings. The number of amides is 3. The summed E-state index contributed by atoms with van der Waals surface area (Å²) >= 11 is 0.776. The number of Topliss-reactive ketones (excluding diaryl/α,β-unsaturated/α-hetero) is 1. The van der Waals surface area contributed by atoms with Crippen LogP contribution in [0.5, 0.6) is 0 Å². The number of anilines is 5. The van der Waals surface area contributed by atoms with Crippen molar-refractivity contribution in [3.8, 4) is 0 Å². The highest BCUT2D eigenvalue weighted by Gasteiger charge is 2.27. The summed E-state index contributed by atoms with van der Waals surface area (Å²) in [6.45, 7) is 7.35. The van der Waals surface area contributed by atoms with Crippen LogP contribution >= 0.6 is 11.3 Å². The lowest BCUT2D eigenvalue weighted by molar-refractivity contribution is -0.380. The van der Waals surface area contributed by atoms with E-state index in [1.165, 1.54) is 13.8 Å². The van der Waals surface area contributed by atoms with Gasteiger partial charge >= 0.3 is 5.00 Å². The summed E-state index contributed by atoms with van der Waals surface area (Å²) in [5.74, 6) is 0.0324. The second-order valence-corrected chi connectivity index (χ2v) is 17.3. The number of unbranched alkanes of at least 4 members (excludes halogenated alkanes) is 5. The number of hydrogen-bond acceptors (Lipinski definition) is 14. The van der Waals surface area contributed by atoms with Crippen molar-refractivity contribution >= 4 is 79.1 Å². The number of pyridine rings is 2. The van der Waals surface area contributed by atoms with E-state index in [0.29, 0.717) is 79.5 Å². The molecule has 1 saturated carbocycles. The van der Waals surface area contributed by atoms with E-state index in [1.807, 2.05) is 17.0 Å². The molecule has 19 heteroatoms. The van der Waals surface area contributed by atoms with Gasteiger partial charge in [0.15, 0.2) is 10.9 Å². The molecular weight excluding hydrogens is 839 g/mol. The molecule has 4 aromatic heterocycles. The number of hydrogen-bond donors (Lipinski definition) is 3. The zero-order chi connectivity index (χ0) is 45.3. The van der Waals surface area contributed by atoms with E-state index in [0.717, 1.165) is 74.8 Å². The Morgan fingerprint density at radius 3 is 2.23 bits per heavy atom. The topological polar surface area (TPSA) is 228 Å². The zero-order valence-electron chi connectivity index (χ0n) is 36.4. The third kappa shape index (κ3) is 10.8. The van der Waals surface area contributed by atoms with E-state index < -0.39 is 10.8 Å². The van der Waals surface area contributed by atoms with E-state index in [9.17, 15) is 34.1 Å². The van der Waals surface area contributed by atoms with Gasteiger partial charge in [0.2, 0.25) is 17.8 Å². The van der Waals surface area contributed by atoms with E-state index in [2.05, 4.69) is 35.8 Å². The average molecular weight is 892 g/mol. The van der Waals surface area contributed by atoms with Crippen molar-refractivity contribution in [1.29, 1.82) is 0 Å². The van der Waals surface area contributed by atoms with Crippen LogP contribution in [0, 0.1) is 24.0 Å². The van der Waals surface area contributed by atoms with Crippen molar-refractivity contribution in [2.45, 2.75) is 104 Å². The molecule has 64 heavy (non-hydrogen) atoms. The normalized spacial score (nSPS) is 14.2. The summed E-state index contributed by atoms with van der Waals surface area (Å²) in [6, 6.07) is 10.4. The molecule has 1 aliphatic carbocycles. The van der Waals surface area contributed by atoms with Crippen LogP contribution in [0.3, 0.4) is 0 Å². The smallest absolute Gasteiger partial charge is 0.348 e. The van der Waals surface area contributed by atoms with Crippen molar-refractivity contribution in [2.24, 2.45) is 0 Å². The quantitative estimate of drug-likeness (QED) is 0.0330. The van der Waals surface area contributed by atoms with Gasteiger partial charge in [-0.3, -0.25) is 44.0 Å². The van der Waals surface area contributed by atoms with Crippen LogP contribution < -0.4 is 26.4 Å². The number of thiazole rings is 1. The fraction of sp³-hybridized carbons (Fsp3) is 0.444. The standard InChI is InChI=1S/C45H53N11O7S/c1-28-34-27-47-44(51-40(34)55(31-14-10-11-15-31)42(61)39(28)30(3)57)50-36-21-20-32(26-46-36)53-22-24-54(25-23-53)38(59)19-9-7-5-4-6-8-18-37(58)49-35-17-13-12-16-33(35)41(60)52-45-48-29(2)43(64-45)56(62)63/h12-13,16-17,20-21,26-27,31H,4-11,14-15,18-19,22-25H2,1-3H3,(H,49,58)(H,48,52,60)(H,46,47,50,51). The first-order valence-corrected chi connectivity index (χ1v) is 22.7. The molecule has 0 bridgehead atoms. The summed E-state index contributed by atoms with van der Waals surface area (Å²) in [4.78, 5) is 97.4. The van der Waals surface area contributed by atoms with E-state index >= 15 is 0 Å². The van der Waals surface area contributed by atoms with E-state index in [1.54, 1.807) is 48.1 Å². The Hall–Kier alpha value is -6.63. The third-order valence-corrected chi connectivity index (χ3v) is 12.9. The number of benzene rings is 1. The van der Waals surface area contributed by atoms with Gasteiger partial charge in [0, 0.05) is 56.6 Å². The van der Waals surface area contributed by atoms with Crippen LogP contribution in [-0.4, -0.2) is 84.0 Å². The first kappa shape index (κ1) is 45.4. The largest absolute Gasteiger partial charge is 0.367 e. The predicted molar refractivity (Wildman–Crippen MR) is 246 cm³/mol. The second-order valence-electron chi connectivity index (χ2n) is 16.3. The van der Waals surface area contributed by atoms with Crippen LogP contribution in [0.2, 0.25) is 0 Å². The maximum atomic E-state index is 13.6. The van der Waals surface area contributed by atoms with Gasteiger partial charge in [-0.2, -0.15) is 4.98 Å². The van der Waals surface area contributed by atoms with Crippen LogP contribution in [0.1, 0.15) is 122 Å². The third-order valence-electron chi connectivity index (χ3n) is 11.9. The number of para-hydroxylation sites is 1. The zero-order valence-corrected chi connectivity index (χ0v) is 37.2. The number of nitrogens with one attached hydrogen (secondary N) is 3. The van der Waals surface area contributed by atoms with Gasteiger partial charge in [0.1, 0.15) is 17.2 Å². The monoisotopic (exact) mass is 891 g/mol. The Morgan fingerprint density at radius 1 is 0.859 bits per heavy atom. The number of rotatable bonds is 18. The Kier molecular flexibility index (Phi) is 14.7. The number of carbonyl (C=O) groups is 4. The SMILES string of the molecule is CC(=O)c1c(C)c2cnc(Nc3ccc(N4CCN(C(=O)CCCCCCCCC(=O)Nc5ccccc5C(=O)Nc5nc(C)c([N+](=O)[O-])s5)CC4)cn3)nc2n(C2CCCC2)c1=O. The Labute approximate surface area is 374 Å².